The van der Waals surface area contributed by atoms with Crippen molar-refractivity contribution in [2.24, 2.45) is 11.8 Å². The van der Waals surface area contributed by atoms with E-state index < -0.39 is 53.6 Å². The first-order chi connectivity index (χ1) is 19.3. The van der Waals surface area contributed by atoms with Gasteiger partial charge in [0.25, 0.3) is 0 Å². The van der Waals surface area contributed by atoms with Gasteiger partial charge in [0, 0.05) is 6.04 Å². The van der Waals surface area contributed by atoms with E-state index in [0.29, 0.717) is 5.56 Å². The molecule has 0 radical (unpaired) electrons. The number of rotatable bonds is 7. The Morgan fingerprint density at radius 1 is 0.775 bits per heavy atom. The lowest BCUT2D eigenvalue weighted by atomic mass is 9.77. The van der Waals surface area contributed by atoms with Gasteiger partial charge in [-0.3, -0.25) is 29.4 Å². The van der Waals surface area contributed by atoms with Gasteiger partial charge in [-0.1, -0.05) is 97.1 Å². The minimum absolute atomic E-state index is 0.0333. The first-order valence-electron chi connectivity index (χ1n) is 13.0. The van der Waals surface area contributed by atoms with Crippen LogP contribution in [0.3, 0.4) is 0 Å². The zero-order valence-electron chi connectivity index (χ0n) is 21.4. The average molecular weight is 535 g/mol. The fraction of sp³-hybridized carbons (Fsp3) is 0.188. The van der Waals surface area contributed by atoms with E-state index in [4.69, 9.17) is 0 Å². The Morgan fingerprint density at radius 2 is 1.43 bits per heavy atom. The Hall–Kier alpha value is -4.82. The van der Waals surface area contributed by atoms with Gasteiger partial charge in [-0.15, -0.1) is 0 Å². The van der Waals surface area contributed by atoms with Crippen molar-refractivity contribution in [2.45, 2.75) is 24.5 Å². The number of aliphatic carboxylic acids is 2. The Bertz CT molecular complexity index is 1650. The fourth-order valence-corrected chi connectivity index (χ4v) is 6.29. The molecule has 0 aliphatic carbocycles. The second-order valence-electron chi connectivity index (χ2n) is 10.4. The maximum Gasteiger partial charge on any atom is 0.325 e. The molecule has 4 aromatic carbocycles. The average Bonchev–Trinajstić information content (AvgIpc) is 3.43. The van der Waals surface area contributed by atoms with E-state index >= 15 is 0 Å². The lowest BCUT2D eigenvalue weighted by Gasteiger charge is -2.30. The number of carboxylic acids is 2. The van der Waals surface area contributed by atoms with Gasteiger partial charge in [-0.25, -0.2) is 0 Å². The van der Waals surface area contributed by atoms with Crippen LogP contribution in [0.1, 0.15) is 23.6 Å². The van der Waals surface area contributed by atoms with Crippen LogP contribution >= 0.6 is 0 Å². The molecular weight excluding hydrogens is 508 g/mol. The molecule has 6 rings (SSSR count). The topological polar surface area (TPSA) is 124 Å². The molecular formula is C32H26N2O6. The standard InChI is InChI=1S/C32H26N2O6/c35-25(36)17-32(31(39)40)27-26(28(33-32)22-15-13-20(14-16-22)19-7-2-1-3-8-19)29(37)34(30(27)38)18-23-11-6-10-21-9-4-5-12-24(21)23/h1-16,26-28,33H,17-18H2,(H,35,36)(H,39,40). The van der Waals surface area contributed by atoms with E-state index in [9.17, 15) is 29.4 Å². The summed E-state index contributed by atoms with van der Waals surface area (Å²) in [6.45, 7) is -0.0333. The van der Waals surface area contributed by atoms with Crippen LogP contribution in [0.25, 0.3) is 21.9 Å². The number of carbonyl (C=O) groups excluding carboxylic acids is 2. The molecule has 2 aliphatic heterocycles. The van der Waals surface area contributed by atoms with Gasteiger partial charge in [0.15, 0.2) is 0 Å². The summed E-state index contributed by atoms with van der Waals surface area (Å²) in [7, 11) is 0. The van der Waals surface area contributed by atoms with Crippen molar-refractivity contribution < 1.29 is 29.4 Å². The zero-order chi connectivity index (χ0) is 28.0. The van der Waals surface area contributed by atoms with Crippen molar-refractivity contribution in [3.05, 3.63) is 108 Å². The molecule has 4 atom stereocenters. The molecule has 2 aliphatic rings. The van der Waals surface area contributed by atoms with Gasteiger partial charge < -0.3 is 10.2 Å². The minimum Gasteiger partial charge on any atom is -0.481 e. The number of likely N-dealkylation sites (tertiary alicyclic amines) is 1. The number of carbonyl (C=O) groups is 4. The number of carboxylic acid groups (broad SMARTS) is 2. The third-order valence-corrected chi connectivity index (χ3v) is 8.14. The van der Waals surface area contributed by atoms with Gasteiger partial charge in [0.1, 0.15) is 5.54 Å². The lowest BCUT2D eigenvalue weighted by molar-refractivity contribution is -0.156. The summed E-state index contributed by atoms with van der Waals surface area (Å²) in [4.78, 5) is 53.5. The van der Waals surface area contributed by atoms with Gasteiger partial charge in [-0.05, 0) is 33.0 Å². The molecule has 3 N–H and O–H groups in total. The van der Waals surface area contributed by atoms with Crippen LogP contribution in [0.5, 0.6) is 0 Å². The molecule has 4 aromatic rings. The van der Waals surface area contributed by atoms with Gasteiger partial charge in [-0.2, -0.15) is 0 Å². The summed E-state index contributed by atoms with van der Waals surface area (Å²) < 4.78 is 0. The van der Waals surface area contributed by atoms with Crippen molar-refractivity contribution in [1.29, 1.82) is 0 Å². The highest BCUT2D eigenvalue weighted by atomic mass is 16.4. The van der Waals surface area contributed by atoms with Crippen LogP contribution in [0.15, 0.2) is 97.1 Å². The smallest absolute Gasteiger partial charge is 0.325 e. The molecule has 0 aromatic heterocycles. The quantitative estimate of drug-likeness (QED) is 0.303. The molecule has 8 nitrogen and oxygen atoms in total. The fourth-order valence-electron chi connectivity index (χ4n) is 6.29. The highest BCUT2D eigenvalue weighted by Crippen LogP contribution is 2.50. The van der Waals surface area contributed by atoms with Gasteiger partial charge in [0.2, 0.25) is 11.8 Å². The summed E-state index contributed by atoms with van der Waals surface area (Å²) in [5.41, 5.74) is 1.14. The summed E-state index contributed by atoms with van der Waals surface area (Å²) in [6, 6.07) is 29.4. The largest absolute Gasteiger partial charge is 0.481 e. The van der Waals surface area contributed by atoms with E-state index in [-0.39, 0.29) is 6.54 Å². The Kier molecular flexibility index (Phi) is 6.19. The third-order valence-electron chi connectivity index (χ3n) is 8.14. The third kappa shape index (κ3) is 4.04. The Balaban J connectivity index is 1.41. The number of nitrogens with zero attached hydrogens (tertiary/aromatic N) is 1. The van der Waals surface area contributed by atoms with Crippen LogP contribution in [0, 0.1) is 11.8 Å². The van der Waals surface area contributed by atoms with Crippen molar-refractivity contribution in [1.82, 2.24) is 10.2 Å². The van der Waals surface area contributed by atoms with E-state index in [0.717, 1.165) is 32.4 Å². The SMILES string of the molecule is O=C(O)CC1(C(=O)O)NC(c2ccc(-c3ccccc3)cc2)C2C(=O)N(Cc3cccc4ccccc34)C(=O)C21. The molecule has 2 amide bonds. The number of benzene rings is 4. The van der Waals surface area contributed by atoms with Crippen molar-refractivity contribution in [2.75, 3.05) is 0 Å². The van der Waals surface area contributed by atoms with E-state index in [2.05, 4.69) is 5.32 Å². The Labute approximate surface area is 229 Å². The number of amides is 2. The minimum atomic E-state index is -2.14. The number of hydrogen-bond donors (Lipinski definition) is 3. The molecule has 200 valence electrons. The van der Waals surface area contributed by atoms with E-state index in [1.54, 1.807) is 12.1 Å². The molecule has 2 saturated heterocycles. The van der Waals surface area contributed by atoms with Gasteiger partial charge >= 0.3 is 11.9 Å². The van der Waals surface area contributed by atoms with Crippen molar-refractivity contribution >= 4 is 34.5 Å². The van der Waals surface area contributed by atoms with Gasteiger partial charge in [0.05, 0.1) is 24.8 Å². The van der Waals surface area contributed by atoms with Crippen LogP contribution in [0.4, 0.5) is 0 Å². The van der Waals surface area contributed by atoms with Crippen molar-refractivity contribution in [3.63, 3.8) is 0 Å². The number of nitrogens with one attached hydrogen (secondary N) is 1. The normalized spacial score (nSPS) is 23.9. The number of fused-ring (bicyclic) bond motifs is 2. The van der Waals surface area contributed by atoms with Crippen LogP contribution < -0.4 is 5.32 Å². The molecule has 40 heavy (non-hydrogen) atoms. The maximum absolute atomic E-state index is 13.9. The van der Waals surface area contributed by atoms with Crippen LogP contribution in [-0.4, -0.2) is 44.4 Å². The lowest BCUT2D eigenvalue weighted by Crippen LogP contribution is -2.56. The summed E-state index contributed by atoms with van der Waals surface area (Å²) in [5, 5.41) is 24.8. The highest BCUT2D eigenvalue weighted by Gasteiger charge is 2.69. The molecule has 8 heteroatoms. The van der Waals surface area contributed by atoms with Crippen molar-refractivity contribution in [3.8, 4) is 11.1 Å². The summed E-state index contributed by atoms with van der Waals surface area (Å²) in [5.74, 6) is -6.48. The molecule has 0 saturated carbocycles. The van der Waals surface area contributed by atoms with Crippen LogP contribution in [0.2, 0.25) is 0 Å². The summed E-state index contributed by atoms with van der Waals surface area (Å²) in [6.07, 6.45) is -0.844. The predicted octanol–water partition coefficient (Wildman–Crippen LogP) is 4.25. The first-order valence-corrected chi connectivity index (χ1v) is 13.0. The second-order valence-corrected chi connectivity index (χ2v) is 10.4. The molecule has 2 heterocycles. The zero-order valence-corrected chi connectivity index (χ0v) is 21.4. The molecule has 0 bridgehead atoms. The first kappa shape index (κ1) is 25.5. The monoisotopic (exact) mass is 534 g/mol. The maximum atomic E-state index is 13.9. The Morgan fingerprint density at radius 3 is 2.12 bits per heavy atom. The van der Waals surface area contributed by atoms with E-state index in [1.807, 2.05) is 84.9 Å². The summed E-state index contributed by atoms with van der Waals surface area (Å²) >= 11 is 0. The molecule has 0 spiro atoms. The number of imide groups is 1. The predicted molar refractivity (Wildman–Crippen MR) is 147 cm³/mol. The van der Waals surface area contributed by atoms with Crippen LogP contribution in [-0.2, 0) is 25.7 Å². The molecule has 4 unspecified atom stereocenters. The highest BCUT2D eigenvalue weighted by molar-refractivity contribution is 6.10. The number of hydrogen-bond acceptors (Lipinski definition) is 5. The van der Waals surface area contributed by atoms with E-state index in [1.165, 1.54) is 0 Å². The molecule has 2 fully saturated rings. The second kappa shape index (κ2) is 9.73.